The summed E-state index contributed by atoms with van der Waals surface area (Å²) in [6, 6.07) is 9.49. The van der Waals surface area contributed by atoms with E-state index < -0.39 is 17.5 Å². The third-order valence-electron chi connectivity index (χ3n) is 4.02. The van der Waals surface area contributed by atoms with E-state index in [2.05, 4.69) is 10.0 Å². The van der Waals surface area contributed by atoms with Gasteiger partial charge in [0.25, 0.3) is 0 Å². The number of rotatable bonds is 6. The molecule has 0 aromatic heterocycles. The molecule has 0 aliphatic heterocycles. The summed E-state index contributed by atoms with van der Waals surface area (Å²) in [5.41, 5.74) is 0.599. The molecule has 1 aliphatic rings. The third-order valence-corrected chi connectivity index (χ3v) is 5.70. The zero-order valence-corrected chi connectivity index (χ0v) is 15.0. The summed E-state index contributed by atoms with van der Waals surface area (Å²) in [6.45, 7) is 7.96. The van der Waals surface area contributed by atoms with Gasteiger partial charge in [-0.2, -0.15) is 0 Å². The van der Waals surface area contributed by atoms with Crippen molar-refractivity contribution in [2.75, 3.05) is 0 Å². The molecule has 1 amide bonds. The van der Waals surface area contributed by atoms with Gasteiger partial charge in [0.05, 0.1) is 11.6 Å². The van der Waals surface area contributed by atoms with Gasteiger partial charge in [0.2, 0.25) is 0 Å². The second-order valence-electron chi connectivity index (χ2n) is 7.06. The van der Waals surface area contributed by atoms with Gasteiger partial charge < -0.3 is 14.6 Å². The van der Waals surface area contributed by atoms with Gasteiger partial charge in [0, 0.05) is 11.4 Å². The Hall–Kier alpha value is -1.24. The van der Waals surface area contributed by atoms with Crippen molar-refractivity contribution in [3.05, 3.63) is 35.9 Å². The number of benzene rings is 1. The first-order valence-electron chi connectivity index (χ1n) is 7.90. The molecule has 1 fully saturated rings. The largest absolute Gasteiger partial charge is 0.598 e. The third kappa shape index (κ3) is 5.12. The topological polar surface area (TPSA) is 73.4 Å². The maximum atomic E-state index is 12.2. The summed E-state index contributed by atoms with van der Waals surface area (Å²) in [6.07, 6.45) is 1.30. The van der Waals surface area contributed by atoms with Gasteiger partial charge >= 0.3 is 6.09 Å². The summed E-state index contributed by atoms with van der Waals surface area (Å²) >= 11 is -1.16. The predicted octanol–water partition coefficient (Wildman–Crippen LogP) is 2.89. The van der Waals surface area contributed by atoms with Crippen LogP contribution in [0.15, 0.2) is 30.3 Å². The van der Waals surface area contributed by atoms with Crippen LogP contribution in [0.1, 0.15) is 46.1 Å². The Bertz CT molecular complexity index is 526. The molecule has 0 heterocycles. The fourth-order valence-corrected chi connectivity index (χ4v) is 3.11. The van der Waals surface area contributed by atoms with Crippen LogP contribution in [0, 0.1) is 0 Å². The van der Waals surface area contributed by atoms with Gasteiger partial charge in [-0.05, 0) is 46.1 Å². The van der Waals surface area contributed by atoms with Crippen molar-refractivity contribution in [2.45, 2.75) is 63.5 Å². The summed E-state index contributed by atoms with van der Waals surface area (Å²) < 4.78 is 20.2. The molecule has 1 aliphatic carbocycles. The van der Waals surface area contributed by atoms with E-state index in [4.69, 9.17) is 4.74 Å². The first-order chi connectivity index (χ1) is 10.7. The van der Waals surface area contributed by atoms with Crippen molar-refractivity contribution in [1.82, 2.24) is 10.0 Å². The Labute approximate surface area is 141 Å². The zero-order chi connectivity index (χ0) is 17.1. The predicted molar refractivity (Wildman–Crippen MR) is 92.2 cm³/mol. The van der Waals surface area contributed by atoms with Crippen molar-refractivity contribution in [3.63, 3.8) is 0 Å². The molecule has 1 aromatic rings. The van der Waals surface area contributed by atoms with E-state index in [0.29, 0.717) is 0 Å². The molecule has 2 N–H and O–H groups in total. The van der Waals surface area contributed by atoms with E-state index in [1.807, 2.05) is 58.0 Å². The van der Waals surface area contributed by atoms with E-state index in [0.717, 1.165) is 18.4 Å². The van der Waals surface area contributed by atoms with Crippen molar-refractivity contribution in [1.29, 1.82) is 0 Å². The van der Waals surface area contributed by atoms with Crippen LogP contribution in [0.3, 0.4) is 0 Å². The Morgan fingerprint density at radius 3 is 2.48 bits per heavy atom. The normalized spacial score (nSPS) is 18.8. The molecule has 1 aromatic carbocycles. The number of nitrogens with one attached hydrogen (secondary N) is 2. The van der Waals surface area contributed by atoms with Gasteiger partial charge in [0.15, 0.2) is 0 Å². The molecule has 2 rings (SSSR count). The SMILES string of the molecule is C[C@@H](N[S+]([O-])C(C)(C)C)C1(NC(=O)OCc2ccccc2)CC1. The highest BCUT2D eigenvalue weighted by Gasteiger charge is 2.51. The maximum Gasteiger partial charge on any atom is 0.407 e. The first-order valence-corrected chi connectivity index (χ1v) is 9.05. The first kappa shape index (κ1) is 18.1. The second kappa shape index (κ2) is 7.11. The van der Waals surface area contributed by atoms with Crippen molar-refractivity contribution in [3.8, 4) is 0 Å². The molecule has 0 spiro atoms. The lowest BCUT2D eigenvalue weighted by Gasteiger charge is -2.30. The van der Waals surface area contributed by atoms with Crippen LogP contribution in [0.4, 0.5) is 4.79 Å². The summed E-state index contributed by atoms with van der Waals surface area (Å²) in [5, 5.41) is 2.94. The zero-order valence-electron chi connectivity index (χ0n) is 14.2. The Kier molecular flexibility index (Phi) is 5.60. The molecule has 1 unspecified atom stereocenters. The van der Waals surface area contributed by atoms with Gasteiger partial charge in [0.1, 0.15) is 11.4 Å². The highest BCUT2D eigenvalue weighted by atomic mass is 32.2. The van der Waals surface area contributed by atoms with Crippen LogP contribution in [-0.4, -0.2) is 27.0 Å². The van der Waals surface area contributed by atoms with Crippen LogP contribution in [0.25, 0.3) is 0 Å². The Morgan fingerprint density at radius 1 is 1.35 bits per heavy atom. The number of carbonyl (C=O) groups excluding carboxylic acids is 1. The van der Waals surface area contributed by atoms with E-state index in [9.17, 15) is 9.35 Å². The fraction of sp³-hybridized carbons (Fsp3) is 0.588. The van der Waals surface area contributed by atoms with Crippen molar-refractivity contribution < 1.29 is 14.1 Å². The molecule has 128 valence electrons. The van der Waals surface area contributed by atoms with Gasteiger partial charge in [-0.15, -0.1) is 4.72 Å². The van der Waals surface area contributed by atoms with E-state index in [-0.39, 0.29) is 22.9 Å². The molecule has 23 heavy (non-hydrogen) atoms. The molecule has 0 radical (unpaired) electrons. The molecular weight excluding hydrogens is 312 g/mol. The van der Waals surface area contributed by atoms with Crippen LogP contribution in [0.5, 0.6) is 0 Å². The fourth-order valence-electron chi connectivity index (χ4n) is 2.21. The summed E-state index contributed by atoms with van der Waals surface area (Å²) in [4.78, 5) is 12.0. The lowest BCUT2D eigenvalue weighted by Crippen LogP contribution is -2.55. The van der Waals surface area contributed by atoms with Crippen LogP contribution in [-0.2, 0) is 22.7 Å². The lowest BCUT2D eigenvalue weighted by atomic mass is 10.1. The standard InChI is InChI=1S/C17H26N2O3S/c1-13(19-23(21)16(2,3)4)17(10-11-17)18-15(20)22-12-14-8-6-5-7-9-14/h5-9,13,19H,10-12H2,1-4H3,(H,18,20)/t13-,23?/m1/s1. The number of alkyl carbamates (subject to hydrolysis) is 1. The Morgan fingerprint density at radius 2 is 1.96 bits per heavy atom. The molecule has 0 bridgehead atoms. The number of hydrogen-bond acceptors (Lipinski definition) is 4. The summed E-state index contributed by atoms with van der Waals surface area (Å²) in [5.74, 6) is 0. The minimum Gasteiger partial charge on any atom is -0.598 e. The van der Waals surface area contributed by atoms with Crippen LogP contribution in [0.2, 0.25) is 0 Å². The van der Waals surface area contributed by atoms with Gasteiger partial charge in [-0.1, -0.05) is 30.3 Å². The van der Waals surface area contributed by atoms with Gasteiger partial charge in [-0.3, -0.25) is 0 Å². The lowest BCUT2D eigenvalue weighted by molar-refractivity contribution is 0.132. The molecule has 2 atom stereocenters. The number of amides is 1. The van der Waals surface area contributed by atoms with Gasteiger partial charge in [-0.25, -0.2) is 4.79 Å². The Balaban J connectivity index is 1.82. The molecule has 1 saturated carbocycles. The average molecular weight is 338 g/mol. The average Bonchev–Trinajstić information content (AvgIpc) is 3.26. The van der Waals surface area contributed by atoms with Crippen LogP contribution >= 0.6 is 0 Å². The number of ether oxygens (including phenoxy) is 1. The van der Waals surface area contributed by atoms with Crippen LogP contribution < -0.4 is 10.0 Å². The van der Waals surface area contributed by atoms with Crippen molar-refractivity contribution >= 4 is 17.5 Å². The van der Waals surface area contributed by atoms with Crippen molar-refractivity contribution in [2.24, 2.45) is 0 Å². The smallest absolute Gasteiger partial charge is 0.407 e. The minimum atomic E-state index is -1.16. The minimum absolute atomic E-state index is 0.0770. The second-order valence-corrected chi connectivity index (χ2v) is 9.06. The van der Waals surface area contributed by atoms with E-state index in [1.165, 1.54) is 0 Å². The molecule has 0 saturated heterocycles. The molecule has 6 heteroatoms. The maximum absolute atomic E-state index is 12.2. The molecular formula is C17H26N2O3S. The van der Waals surface area contributed by atoms with E-state index in [1.54, 1.807) is 0 Å². The quantitative estimate of drug-likeness (QED) is 0.782. The van der Waals surface area contributed by atoms with E-state index >= 15 is 0 Å². The number of carbonyl (C=O) groups is 1. The highest BCUT2D eigenvalue weighted by molar-refractivity contribution is 7.90. The monoisotopic (exact) mass is 338 g/mol. The molecule has 5 nitrogen and oxygen atoms in total. The highest BCUT2D eigenvalue weighted by Crippen LogP contribution is 2.39. The number of hydrogen-bond donors (Lipinski definition) is 2. The summed E-state index contributed by atoms with van der Waals surface area (Å²) in [7, 11) is 0.